The van der Waals surface area contributed by atoms with Crippen molar-refractivity contribution in [3.05, 3.63) is 53.6 Å². The number of carbonyl (C=O) groups excluding carboxylic acids is 1. The Kier molecular flexibility index (Phi) is 7.77. The van der Waals surface area contributed by atoms with Gasteiger partial charge < -0.3 is 14.5 Å². The van der Waals surface area contributed by atoms with E-state index in [2.05, 4.69) is 24.1 Å². The van der Waals surface area contributed by atoms with Crippen LogP contribution in [0.25, 0.3) is 5.65 Å². The summed E-state index contributed by atoms with van der Waals surface area (Å²) in [5.41, 5.74) is 1.58. The van der Waals surface area contributed by atoms with E-state index >= 15 is 0 Å². The lowest BCUT2D eigenvalue weighted by Gasteiger charge is -2.14. The summed E-state index contributed by atoms with van der Waals surface area (Å²) in [6, 6.07) is 5.87. The Morgan fingerprint density at radius 1 is 1.09 bits per heavy atom. The molecule has 3 aromatic heterocycles. The zero-order chi connectivity index (χ0) is 23.3. The Morgan fingerprint density at radius 2 is 1.81 bits per heavy atom. The number of alkyl halides is 2. The van der Waals surface area contributed by atoms with Crippen LogP contribution in [0.5, 0.6) is 5.75 Å². The van der Waals surface area contributed by atoms with Gasteiger partial charge in [-0.3, -0.25) is 4.79 Å². The molecule has 3 aromatic rings. The van der Waals surface area contributed by atoms with E-state index in [-0.39, 0.29) is 17.5 Å². The fourth-order valence-electron chi connectivity index (χ4n) is 3.72. The Hall–Kier alpha value is -3.03. The molecule has 0 saturated carbocycles. The third-order valence-electron chi connectivity index (χ3n) is 5.11. The molecular formula is C24H30F2N4O2. The molecule has 3 heterocycles. The molecule has 0 saturated heterocycles. The van der Waals surface area contributed by atoms with Crippen LogP contribution in [0.3, 0.4) is 0 Å². The number of carbonyl (C=O) groups is 1. The number of anilines is 1. The van der Waals surface area contributed by atoms with Gasteiger partial charge in [0, 0.05) is 24.4 Å². The second-order valence-corrected chi connectivity index (χ2v) is 8.13. The zero-order valence-electron chi connectivity index (χ0n) is 18.9. The van der Waals surface area contributed by atoms with Crippen molar-refractivity contribution in [2.24, 2.45) is 0 Å². The van der Waals surface area contributed by atoms with Gasteiger partial charge in [-0.2, -0.15) is 0 Å². The molecule has 0 bridgehead atoms. The smallest absolute Gasteiger partial charge is 0.280 e. The van der Waals surface area contributed by atoms with Gasteiger partial charge in [0.1, 0.15) is 22.9 Å². The number of aromatic nitrogens is 3. The van der Waals surface area contributed by atoms with Crippen LogP contribution in [0, 0.1) is 0 Å². The van der Waals surface area contributed by atoms with Crippen molar-refractivity contribution in [3.8, 4) is 5.75 Å². The van der Waals surface area contributed by atoms with E-state index < -0.39 is 18.0 Å². The van der Waals surface area contributed by atoms with Crippen molar-refractivity contribution in [2.45, 2.75) is 71.8 Å². The molecule has 32 heavy (non-hydrogen) atoms. The number of nitrogens with one attached hydrogen (secondary N) is 1. The van der Waals surface area contributed by atoms with Crippen LogP contribution >= 0.6 is 0 Å². The summed E-state index contributed by atoms with van der Waals surface area (Å²) in [7, 11) is 0. The first-order valence-corrected chi connectivity index (χ1v) is 11.1. The van der Waals surface area contributed by atoms with Gasteiger partial charge >= 0.3 is 0 Å². The van der Waals surface area contributed by atoms with Gasteiger partial charge in [0.15, 0.2) is 0 Å². The molecule has 0 aliphatic rings. The highest BCUT2D eigenvalue weighted by Gasteiger charge is 2.20. The maximum absolute atomic E-state index is 13.0. The number of pyridine rings is 2. The third-order valence-corrected chi connectivity index (χ3v) is 5.11. The van der Waals surface area contributed by atoms with Crippen molar-refractivity contribution < 1.29 is 18.3 Å². The molecule has 0 aliphatic carbocycles. The summed E-state index contributed by atoms with van der Waals surface area (Å²) in [5, 5.41) is 2.60. The highest BCUT2D eigenvalue weighted by molar-refractivity contribution is 6.05. The average molecular weight is 445 g/mol. The summed E-state index contributed by atoms with van der Waals surface area (Å²) in [6.45, 7) is 8.06. The van der Waals surface area contributed by atoms with E-state index in [4.69, 9.17) is 9.72 Å². The maximum Gasteiger partial charge on any atom is 0.280 e. The monoisotopic (exact) mass is 444 g/mol. The lowest BCUT2D eigenvalue weighted by Crippen LogP contribution is -2.17. The molecule has 0 spiro atoms. The standard InChI is InChI=1S/C24H30F2N4O2/c1-5-8-16(9-6-2)19-14-30-13-17(20(32-15(3)4)12-22(30)28-19)24(31)29-21-11-7-10-18(27-21)23(25)26/h7,10-16,23H,5-6,8-9H2,1-4H3,(H,27,29,31). The molecule has 172 valence electrons. The number of imidazole rings is 1. The van der Waals surface area contributed by atoms with Crippen LogP contribution in [-0.4, -0.2) is 26.4 Å². The van der Waals surface area contributed by atoms with Gasteiger partial charge in [0.05, 0.1) is 17.4 Å². The molecule has 6 nitrogen and oxygen atoms in total. The van der Waals surface area contributed by atoms with Gasteiger partial charge in [-0.15, -0.1) is 0 Å². The Bertz CT molecular complexity index is 1060. The van der Waals surface area contributed by atoms with E-state index in [0.717, 1.165) is 31.4 Å². The molecule has 0 aliphatic heterocycles. The normalized spacial score (nSPS) is 11.7. The van der Waals surface area contributed by atoms with Crippen LogP contribution in [0.2, 0.25) is 0 Å². The first-order chi connectivity index (χ1) is 15.3. The van der Waals surface area contributed by atoms with Crippen molar-refractivity contribution in [3.63, 3.8) is 0 Å². The van der Waals surface area contributed by atoms with E-state index in [9.17, 15) is 13.6 Å². The predicted octanol–water partition coefficient (Wildman–Crippen LogP) is 6.39. The van der Waals surface area contributed by atoms with Crippen molar-refractivity contribution in [2.75, 3.05) is 5.32 Å². The largest absolute Gasteiger partial charge is 0.490 e. The minimum atomic E-state index is -2.72. The minimum Gasteiger partial charge on any atom is -0.490 e. The van der Waals surface area contributed by atoms with Gasteiger partial charge in [-0.1, -0.05) is 32.8 Å². The number of amides is 1. The van der Waals surface area contributed by atoms with Gasteiger partial charge in [-0.25, -0.2) is 18.7 Å². The molecule has 0 radical (unpaired) electrons. The summed E-state index contributed by atoms with van der Waals surface area (Å²) in [6.07, 6.45) is 4.98. The molecule has 1 N–H and O–H groups in total. The number of nitrogens with zero attached hydrogens (tertiary/aromatic N) is 3. The highest BCUT2D eigenvalue weighted by atomic mass is 19.3. The number of halogens is 2. The Morgan fingerprint density at radius 3 is 2.44 bits per heavy atom. The summed E-state index contributed by atoms with van der Waals surface area (Å²) in [5.74, 6) is 0.309. The maximum atomic E-state index is 13.0. The summed E-state index contributed by atoms with van der Waals surface area (Å²) >= 11 is 0. The van der Waals surface area contributed by atoms with E-state index in [1.54, 1.807) is 12.3 Å². The highest BCUT2D eigenvalue weighted by Crippen LogP contribution is 2.29. The lowest BCUT2D eigenvalue weighted by molar-refractivity contribution is 0.101. The first kappa shape index (κ1) is 23.6. The second kappa shape index (κ2) is 10.5. The van der Waals surface area contributed by atoms with Crippen LogP contribution in [0.1, 0.15) is 87.5 Å². The number of rotatable bonds is 10. The quantitative estimate of drug-likeness (QED) is 0.393. The molecule has 3 rings (SSSR count). The van der Waals surface area contributed by atoms with Crippen molar-refractivity contribution in [1.82, 2.24) is 14.4 Å². The third kappa shape index (κ3) is 5.60. The molecule has 8 heteroatoms. The van der Waals surface area contributed by atoms with E-state index in [1.165, 1.54) is 18.2 Å². The van der Waals surface area contributed by atoms with Crippen LogP contribution in [0.4, 0.5) is 14.6 Å². The second-order valence-electron chi connectivity index (χ2n) is 8.13. The van der Waals surface area contributed by atoms with Crippen LogP contribution < -0.4 is 10.1 Å². The number of hydrogen-bond donors (Lipinski definition) is 1. The van der Waals surface area contributed by atoms with Crippen molar-refractivity contribution in [1.29, 1.82) is 0 Å². The fourth-order valence-corrected chi connectivity index (χ4v) is 3.72. The van der Waals surface area contributed by atoms with Gasteiger partial charge in [0.2, 0.25) is 0 Å². The van der Waals surface area contributed by atoms with E-state index in [0.29, 0.717) is 17.3 Å². The molecule has 0 fully saturated rings. The zero-order valence-corrected chi connectivity index (χ0v) is 18.9. The Balaban J connectivity index is 1.98. The molecule has 0 atom stereocenters. The van der Waals surface area contributed by atoms with Gasteiger partial charge in [0.25, 0.3) is 12.3 Å². The average Bonchev–Trinajstić information content (AvgIpc) is 3.15. The SMILES string of the molecule is CCCC(CCC)c1cn2cc(C(=O)Nc3cccc(C(F)F)n3)c(OC(C)C)cc2n1. The molecule has 1 amide bonds. The van der Waals surface area contributed by atoms with Crippen LogP contribution in [-0.2, 0) is 0 Å². The van der Waals surface area contributed by atoms with Gasteiger partial charge in [-0.05, 0) is 38.8 Å². The predicted molar refractivity (Wildman–Crippen MR) is 121 cm³/mol. The number of ether oxygens (including phenoxy) is 1. The minimum absolute atomic E-state index is 0.0562. The molecule has 0 unspecified atom stereocenters. The van der Waals surface area contributed by atoms with E-state index in [1.807, 2.05) is 24.4 Å². The lowest BCUT2D eigenvalue weighted by atomic mass is 9.95. The number of hydrogen-bond acceptors (Lipinski definition) is 4. The summed E-state index contributed by atoms with van der Waals surface area (Å²) < 4.78 is 33.6. The van der Waals surface area contributed by atoms with Crippen molar-refractivity contribution >= 4 is 17.4 Å². The fraction of sp³-hybridized carbons (Fsp3) is 0.458. The topological polar surface area (TPSA) is 68.5 Å². The number of fused-ring (bicyclic) bond motifs is 1. The Labute approximate surface area is 187 Å². The van der Waals surface area contributed by atoms with Crippen LogP contribution in [0.15, 0.2) is 36.7 Å². The summed E-state index contributed by atoms with van der Waals surface area (Å²) in [4.78, 5) is 21.6. The first-order valence-electron chi connectivity index (χ1n) is 11.1. The molecular weight excluding hydrogens is 414 g/mol. The molecule has 0 aromatic carbocycles.